The lowest BCUT2D eigenvalue weighted by Crippen LogP contribution is -2.23. The summed E-state index contributed by atoms with van der Waals surface area (Å²) in [7, 11) is -3.93. The lowest BCUT2D eigenvalue weighted by molar-refractivity contribution is -0.137. The van der Waals surface area contributed by atoms with Gasteiger partial charge in [-0.3, -0.25) is 4.79 Å². The molecule has 0 unspecified atom stereocenters. The molecular weight excluding hydrogens is 439 g/mol. The molecule has 1 saturated carbocycles. The van der Waals surface area contributed by atoms with Crippen LogP contribution in [0.5, 0.6) is 0 Å². The first-order chi connectivity index (χ1) is 14.5. The fraction of sp³-hybridized carbons (Fsp3) is 0.333. The summed E-state index contributed by atoms with van der Waals surface area (Å²) in [6.07, 6.45) is -1.08. The Morgan fingerprint density at radius 2 is 2.00 bits per heavy atom. The maximum absolute atomic E-state index is 13.0. The van der Waals surface area contributed by atoms with Gasteiger partial charge in [-0.25, -0.2) is 22.6 Å². The van der Waals surface area contributed by atoms with E-state index in [2.05, 4.69) is 15.4 Å². The molecule has 0 saturated heterocycles. The van der Waals surface area contributed by atoms with E-state index in [-0.39, 0.29) is 39.6 Å². The minimum absolute atomic E-state index is 0.129. The number of alkyl halides is 3. The molecule has 3 aromatic rings. The molecule has 31 heavy (non-hydrogen) atoms. The predicted molar refractivity (Wildman–Crippen MR) is 103 cm³/mol. The standard InChI is InChI=1S/C18H16F3N5O4S/c1-2-31(29,30)13-8-12(23-16(27)10-3-4-10)9-22-15(13)26-17(28)25-6-5-11(18(19,20)21)7-14(25)24-26/h5-10H,2-4H2,1H3,(H,23,27). The molecule has 4 rings (SSSR count). The second kappa shape index (κ2) is 7.18. The first kappa shape index (κ1) is 21.0. The van der Waals surface area contributed by atoms with E-state index in [4.69, 9.17) is 0 Å². The molecule has 3 aromatic heterocycles. The molecule has 1 fully saturated rings. The zero-order valence-corrected chi connectivity index (χ0v) is 16.9. The number of aromatic nitrogens is 4. The van der Waals surface area contributed by atoms with Crippen molar-refractivity contribution in [2.75, 3.05) is 11.1 Å². The Morgan fingerprint density at radius 1 is 1.29 bits per heavy atom. The Kier molecular flexibility index (Phi) is 4.87. The molecule has 0 bridgehead atoms. The van der Waals surface area contributed by atoms with Gasteiger partial charge in [-0.2, -0.15) is 17.9 Å². The van der Waals surface area contributed by atoms with Crippen molar-refractivity contribution in [1.29, 1.82) is 0 Å². The van der Waals surface area contributed by atoms with Crippen LogP contribution in [-0.4, -0.2) is 39.2 Å². The van der Waals surface area contributed by atoms with Gasteiger partial charge in [-0.1, -0.05) is 6.92 Å². The second-order valence-electron chi connectivity index (χ2n) is 7.05. The number of nitrogens with one attached hydrogen (secondary N) is 1. The first-order valence-electron chi connectivity index (χ1n) is 9.24. The van der Waals surface area contributed by atoms with Crippen LogP contribution in [0.1, 0.15) is 25.3 Å². The van der Waals surface area contributed by atoms with E-state index < -0.39 is 27.3 Å². The number of nitrogens with zero attached hydrogens (tertiary/aromatic N) is 4. The number of rotatable bonds is 5. The third-order valence-corrected chi connectivity index (χ3v) is 6.55. The zero-order chi connectivity index (χ0) is 22.6. The lowest BCUT2D eigenvalue weighted by Gasteiger charge is -2.10. The van der Waals surface area contributed by atoms with Crippen molar-refractivity contribution in [2.24, 2.45) is 5.92 Å². The molecule has 164 valence electrons. The Balaban J connectivity index is 1.86. The van der Waals surface area contributed by atoms with Crippen LogP contribution in [0.4, 0.5) is 18.9 Å². The van der Waals surface area contributed by atoms with E-state index in [1.165, 1.54) is 19.2 Å². The van der Waals surface area contributed by atoms with Crippen LogP contribution < -0.4 is 11.0 Å². The zero-order valence-electron chi connectivity index (χ0n) is 16.0. The molecule has 0 aromatic carbocycles. The van der Waals surface area contributed by atoms with E-state index >= 15 is 0 Å². The molecule has 1 N–H and O–H groups in total. The summed E-state index contributed by atoms with van der Waals surface area (Å²) in [6.45, 7) is 1.39. The first-order valence-corrected chi connectivity index (χ1v) is 10.9. The monoisotopic (exact) mass is 455 g/mol. The normalized spacial score (nSPS) is 14.7. The number of halogens is 3. The minimum Gasteiger partial charge on any atom is -0.324 e. The smallest absolute Gasteiger partial charge is 0.324 e. The Morgan fingerprint density at radius 3 is 2.61 bits per heavy atom. The maximum atomic E-state index is 13.0. The molecule has 0 atom stereocenters. The highest BCUT2D eigenvalue weighted by atomic mass is 32.2. The largest absolute Gasteiger partial charge is 0.416 e. The summed E-state index contributed by atoms with van der Waals surface area (Å²) < 4.78 is 65.7. The lowest BCUT2D eigenvalue weighted by atomic mass is 10.2. The molecule has 13 heteroatoms. The number of fused-ring (bicyclic) bond motifs is 1. The number of hydrogen-bond acceptors (Lipinski definition) is 6. The third-order valence-electron chi connectivity index (χ3n) is 4.82. The molecule has 0 spiro atoms. The summed E-state index contributed by atoms with van der Waals surface area (Å²) in [6, 6.07) is 2.56. The third kappa shape index (κ3) is 3.92. The molecule has 0 radical (unpaired) electrons. The summed E-state index contributed by atoms with van der Waals surface area (Å²) >= 11 is 0. The van der Waals surface area contributed by atoms with Crippen molar-refractivity contribution in [3.63, 3.8) is 0 Å². The van der Waals surface area contributed by atoms with Crippen molar-refractivity contribution in [2.45, 2.75) is 30.8 Å². The molecule has 3 heterocycles. The van der Waals surface area contributed by atoms with Gasteiger partial charge in [-0.15, -0.1) is 5.10 Å². The van der Waals surface area contributed by atoms with Crippen molar-refractivity contribution >= 4 is 27.1 Å². The highest BCUT2D eigenvalue weighted by Crippen LogP contribution is 2.31. The second-order valence-corrected chi connectivity index (χ2v) is 9.30. The van der Waals surface area contributed by atoms with E-state index in [1.807, 2.05) is 0 Å². The van der Waals surface area contributed by atoms with Crippen LogP contribution in [0.15, 0.2) is 40.3 Å². The van der Waals surface area contributed by atoms with Crippen molar-refractivity contribution in [3.8, 4) is 5.82 Å². The van der Waals surface area contributed by atoms with Crippen LogP contribution in [0.2, 0.25) is 0 Å². The van der Waals surface area contributed by atoms with Crippen molar-refractivity contribution in [1.82, 2.24) is 19.2 Å². The van der Waals surface area contributed by atoms with Crippen LogP contribution in [0.3, 0.4) is 0 Å². The van der Waals surface area contributed by atoms with Gasteiger partial charge >= 0.3 is 11.9 Å². The average molecular weight is 455 g/mol. The molecular formula is C18H16F3N5O4S. The number of pyridine rings is 2. The number of amides is 1. The van der Waals surface area contributed by atoms with Crippen LogP contribution >= 0.6 is 0 Å². The molecule has 1 aliphatic carbocycles. The average Bonchev–Trinajstić information content (AvgIpc) is 3.52. The van der Waals surface area contributed by atoms with Gasteiger partial charge in [0.25, 0.3) is 0 Å². The van der Waals surface area contributed by atoms with E-state index in [0.717, 1.165) is 23.4 Å². The fourth-order valence-corrected chi connectivity index (χ4v) is 3.96. The van der Waals surface area contributed by atoms with Crippen LogP contribution in [0.25, 0.3) is 11.5 Å². The fourth-order valence-electron chi connectivity index (χ4n) is 2.93. The quantitative estimate of drug-likeness (QED) is 0.630. The summed E-state index contributed by atoms with van der Waals surface area (Å²) in [4.78, 5) is 28.3. The number of anilines is 1. The Labute approximate surface area is 173 Å². The van der Waals surface area contributed by atoms with Crippen molar-refractivity contribution < 1.29 is 26.4 Å². The maximum Gasteiger partial charge on any atom is 0.416 e. The molecule has 1 aliphatic rings. The van der Waals surface area contributed by atoms with Crippen LogP contribution in [-0.2, 0) is 20.8 Å². The number of carbonyl (C=O) groups is 1. The van der Waals surface area contributed by atoms with E-state index in [1.54, 1.807) is 0 Å². The minimum atomic E-state index is -4.64. The van der Waals surface area contributed by atoms with Gasteiger partial charge in [0, 0.05) is 12.1 Å². The summed E-state index contributed by atoms with van der Waals surface area (Å²) in [5.74, 6) is -1.09. The van der Waals surface area contributed by atoms with Gasteiger partial charge in [0.2, 0.25) is 5.91 Å². The SMILES string of the molecule is CCS(=O)(=O)c1cc(NC(=O)C2CC2)cnc1-n1nc2cc(C(F)(F)F)ccn2c1=O. The van der Waals surface area contributed by atoms with Gasteiger partial charge in [0.15, 0.2) is 21.3 Å². The van der Waals surface area contributed by atoms with Crippen LogP contribution in [0, 0.1) is 5.92 Å². The highest BCUT2D eigenvalue weighted by molar-refractivity contribution is 7.91. The molecule has 9 nitrogen and oxygen atoms in total. The molecule has 0 aliphatic heterocycles. The predicted octanol–water partition coefficient (Wildman–Crippen LogP) is 2.04. The summed E-state index contributed by atoms with van der Waals surface area (Å²) in [5.41, 5.74) is -2.10. The van der Waals surface area contributed by atoms with E-state index in [0.29, 0.717) is 16.8 Å². The number of sulfone groups is 1. The topological polar surface area (TPSA) is 115 Å². The van der Waals surface area contributed by atoms with Gasteiger partial charge in [0.05, 0.1) is 23.2 Å². The van der Waals surface area contributed by atoms with Gasteiger partial charge < -0.3 is 5.32 Å². The van der Waals surface area contributed by atoms with E-state index in [9.17, 15) is 31.2 Å². The van der Waals surface area contributed by atoms with Crippen molar-refractivity contribution in [3.05, 3.63) is 46.6 Å². The highest BCUT2D eigenvalue weighted by Gasteiger charge is 2.32. The number of hydrogen-bond donors (Lipinski definition) is 1. The van der Waals surface area contributed by atoms with Gasteiger partial charge in [-0.05, 0) is 31.0 Å². The Bertz CT molecular complexity index is 1360. The van der Waals surface area contributed by atoms with Gasteiger partial charge in [0.1, 0.15) is 4.90 Å². The molecule has 1 amide bonds. The Hall–Kier alpha value is -3.22. The number of carbonyl (C=O) groups excluding carboxylic acids is 1. The summed E-state index contributed by atoms with van der Waals surface area (Å²) in [5, 5.41) is 6.43.